The predicted octanol–water partition coefficient (Wildman–Crippen LogP) is 2.42. The second kappa shape index (κ2) is 8.03. The van der Waals surface area contributed by atoms with E-state index in [9.17, 15) is 10.0 Å². The molecule has 0 unspecified atom stereocenters. The van der Waals surface area contributed by atoms with Gasteiger partial charge in [0.25, 0.3) is 0 Å². The van der Waals surface area contributed by atoms with Gasteiger partial charge in [-0.05, 0) is 23.3 Å². The second-order valence-corrected chi connectivity index (χ2v) is 6.35. The Hall–Kier alpha value is -3.86. The Morgan fingerprint density at radius 3 is 1.90 bits per heavy atom. The van der Waals surface area contributed by atoms with E-state index < -0.39 is 7.12 Å². The number of aromatic nitrogens is 3. The summed E-state index contributed by atoms with van der Waals surface area (Å²) in [6.07, 6.45) is 0. The van der Waals surface area contributed by atoms with Gasteiger partial charge in [0.1, 0.15) is 0 Å². The van der Waals surface area contributed by atoms with Crippen molar-refractivity contribution < 1.29 is 10.0 Å². The first-order valence-electron chi connectivity index (χ1n) is 8.92. The van der Waals surface area contributed by atoms with E-state index in [-0.39, 0.29) is 11.5 Å². The predicted molar refractivity (Wildman–Crippen MR) is 111 cm³/mol. The summed E-state index contributed by atoms with van der Waals surface area (Å²) in [7, 11) is -1.83. The first kappa shape index (κ1) is 18.5. The molecule has 0 fully saturated rings. The largest absolute Gasteiger partial charge is 0.528 e. The molecule has 4 rings (SSSR count). The van der Waals surface area contributed by atoms with E-state index in [1.807, 2.05) is 54.6 Å². The molecule has 0 aliphatic rings. The van der Waals surface area contributed by atoms with Gasteiger partial charge < -0.3 is 10.0 Å². The molecule has 0 aliphatic carbocycles. The molecule has 0 spiro atoms. The monoisotopic (exact) mass is 378 g/mol. The topological polar surface area (TPSA) is 103 Å². The summed E-state index contributed by atoms with van der Waals surface area (Å²) < 4.78 is 0. The molecule has 2 N–H and O–H groups in total. The molecule has 7 heteroatoms. The smallest absolute Gasteiger partial charge is 0.421 e. The van der Waals surface area contributed by atoms with Crippen LogP contribution in [-0.4, -0.2) is 32.1 Å². The zero-order chi connectivity index (χ0) is 20.2. The average Bonchev–Trinajstić information content (AvgIpc) is 2.79. The zero-order valence-electron chi connectivity index (χ0n) is 15.3. The molecule has 1 heterocycles. The summed E-state index contributed by atoms with van der Waals surface area (Å²) in [4.78, 5) is 12.8. The molecule has 3 aromatic carbocycles. The SMILES string of the molecule is N#Cc1cccc(-c2nc(B(O)O)nc(-c3ccc(-c4ccccc4)cc3)n2)c1. The molecule has 4 aromatic rings. The summed E-state index contributed by atoms with van der Waals surface area (Å²) in [5.41, 5.74) is 3.76. The first-order valence-corrected chi connectivity index (χ1v) is 8.92. The Balaban J connectivity index is 1.77. The Morgan fingerprint density at radius 1 is 0.655 bits per heavy atom. The first-order chi connectivity index (χ1) is 14.1. The molecule has 0 saturated heterocycles. The van der Waals surface area contributed by atoms with Crippen molar-refractivity contribution in [3.63, 3.8) is 0 Å². The van der Waals surface area contributed by atoms with Gasteiger partial charge in [0.2, 0.25) is 0 Å². The molecule has 6 nitrogen and oxygen atoms in total. The molecule has 1 aromatic heterocycles. The van der Waals surface area contributed by atoms with E-state index in [0.717, 1.165) is 11.1 Å². The molecule has 29 heavy (non-hydrogen) atoms. The van der Waals surface area contributed by atoms with Crippen molar-refractivity contribution in [1.82, 2.24) is 15.0 Å². The highest BCUT2D eigenvalue weighted by molar-refractivity contribution is 6.56. The van der Waals surface area contributed by atoms with Crippen molar-refractivity contribution in [1.29, 1.82) is 5.26 Å². The van der Waals surface area contributed by atoms with Crippen LogP contribution in [0.4, 0.5) is 0 Å². The maximum absolute atomic E-state index is 9.61. The standard InChI is InChI=1S/C22H15BN4O2/c24-14-15-5-4-8-19(13-15)21-25-20(26-22(27-21)23(28)29)18-11-9-17(10-12-18)16-6-2-1-3-7-16/h1-13,28-29H. The Bertz CT molecular complexity index is 1190. The van der Waals surface area contributed by atoms with Crippen LogP contribution in [0.5, 0.6) is 0 Å². The van der Waals surface area contributed by atoms with Crippen LogP contribution in [-0.2, 0) is 0 Å². The lowest BCUT2D eigenvalue weighted by Crippen LogP contribution is -2.36. The number of nitriles is 1. The van der Waals surface area contributed by atoms with Gasteiger partial charge in [-0.3, -0.25) is 0 Å². The molecule has 0 aliphatic heterocycles. The number of hydrogen-bond acceptors (Lipinski definition) is 6. The van der Waals surface area contributed by atoms with Gasteiger partial charge >= 0.3 is 7.12 Å². The lowest BCUT2D eigenvalue weighted by molar-refractivity contribution is 0.422. The molecule has 0 radical (unpaired) electrons. The fourth-order valence-electron chi connectivity index (χ4n) is 2.94. The van der Waals surface area contributed by atoms with Crippen LogP contribution in [0, 0.1) is 11.3 Å². The summed E-state index contributed by atoms with van der Waals surface area (Å²) in [6, 6.07) is 26.5. The van der Waals surface area contributed by atoms with Crippen LogP contribution < -0.4 is 5.72 Å². The minimum absolute atomic E-state index is 0.153. The van der Waals surface area contributed by atoms with Crippen molar-refractivity contribution in [2.45, 2.75) is 0 Å². The van der Waals surface area contributed by atoms with E-state index in [1.54, 1.807) is 24.3 Å². The summed E-state index contributed by atoms with van der Waals surface area (Å²) in [5, 5.41) is 28.3. The minimum atomic E-state index is -1.83. The third kappa shape index (κ3) is 4.04. The number of rotatable bonds is 4. The highest BCUT2D eigenvalue weighted by Crippen LogP contribution is 2.24. The van der Waals surface area contributed by atoms with Gasteiger partial charge in [0, 0.05) is 11.1 Å². The van der Waals surface area contributed by atoms with E-state index >= 15 is 0 Å². The van der Waals surface area contributed by atoms with Gasteiger partial charge in [-0.1, -0.05) is 66.7 Å². The van der Waals surface area contributed by atoms with Gasteiger partial charge in [-0.15, -0.1) is 0 Å². The van der Waals surface area contributed by atoms with Gasteiger partial charge in [-0.2, -0.15) is 5.26 Å². The van der Waals surface area contributed by atoms with Crippen molar-refractivity contribution in [2.24, 2.45) is 0 Å². The van der Waals surface area contributed by atoms with Crippen LogP contribution in [0.15, 0.2) is 78.9 Å². The maximum atomic E-state index is 9.61. The number of hydrogen-bond donors (Lipinski definition) is 2. The second-order valence-electron chi connectivity index (χ2n) is 6.35. The van der Waals surface area contributed by atoms with E-state index in [2.05, 4.69) is 21.0 Å². The lowest BCUT2D eigenvalue weighted by atomic mass is 9.90. The van der Waals surface area contributed by atoms with Gasteiger partial charge in [0.15, 0.2) is 17.4 Å². The highest BCUT2D eigenvalue weighted by atomic mass is 16.4. The molecule has 0 bridgehead atoms. The quantitative estimate of drug-likeness (QED) is 0.529. The van der Waals surface area contributed by atoms with Crippen molar-refractivity contribution in [3.8, 4) is 40.0 Å². The third-order valence-corrected chi connectivity index (χ3v) is 4.38. The fraction of sp³-hybridized carbons (Fsp3) is 0. The van der Waals surface area contributed by atoms with Crippen LogP contribution in [0.25, 0.3) is 33.9 Å². The summed E-state index contributed by atoms with van der Waals surface area (Å²) in [6.45, 7) is 0. The zero-order valence-corrected chi connectivity index (χ0v) is 15.3. The minimum Gasteiger partial charge on any atom is -0.421 e. The van der Waals surface area contributed by atoms with E-state index in [1.165, 1.54) is 0 Å². The van der Waals surface area contributed by atoms with E-state index in [4.69, 9.17) is 5.26 Å². The Labute approximate surface area is 168 Å². The highest BCUT2D eigenvalue weighted by Gasteiger charge is 2.19. The molecular weight excluding hydrogens is 363 g/mol. The molecule has 0 amide bonds. The van der Waals surface area contributed by atoms with Crippen LogP contribution >= 0.6 is 0 Å². The van der Waals surface area contributed by atoms with Crippen molar-refractivity contribution in [2.75, 3.05) is 0 Å². The number of benzene rings is 3. The lowest BCUT2D eigenvalue weighted by Gasteiger charge is -2.08. The maximum Gasteiger partial charge on any atom is 0.528 e. The molecule has 0 atom stereocenters. The fourth-order valence-corrected chi connectivity index (χ4v) is 2.94. The average molecular weight is 378 g/mol. The van der Waals surface area contributed by atoms with E-state index in [0.29, 0.717) is 22.5 Å². The van der Waals surface area contributed by atoms with Crippen LogP contribution in [0.1, 0.15) is 5.56 Å². The third-order valence-electron chi connectivity index (χ3n) is 4.38. The normalized spacial score (nSPS) is 10.4. The van der Waals surface area contributed by atoms with Crippen LogP contribution in [0.2, 0.25) is 0 Å². The van der Waals surface area contributed by atoms with Crippen molar-refractivity contribution in [3.05, 3.63) is 84.4 Å². The Morgan fingerprint density at radius 2 is 1.24 bits per heavy atom. The van der Waals surface area contributed by atoms with Gasteiger partial charge in [-0.25, -0.2) is 15.0 Å². The van der Waals surface area contributed by atoms with Crippen LogP contribution in [0.3, 0.4) is 0 Å². The summed E-state index contributed by atoms with van der Waals surface area (Å²) >= 11 is 0. The molecular formula is C22H15BN4O2. The number of nitrogens with zero attached hydrogens (tertiary/aromatic N) is 4. The van der Waals surface area contributed by atoms with Crippen molar-refractivity contribution >= 4 is 12.8 Å². The summed E-state index contributed by atoms with van der Waals surface area (Å²) in [5.74, 6) is 0.586. The Kier molecular flexibility index (Phi) is 5.12. The molecule has 138 valence electrons. The molecule has 0 saturated carbocycles. The van der Waals surface area contributed by atoms with Gasteiger partial charge in [0.05, 0.1) is 11.6 Å².